The molecule has 0 saturated heterocycles. The summed E-state index contributed by atoms with van der Waals surface area (Å²) in [5.41, 5.74) is 14.2. The average molecular weight is 898 g/mol. The Balaban J connectivity index is 0.000000141. The van der Waals surface area contributed by atoms with Gasteiger partial charge in [-0.05, 0) is 104 Å². The summed E-state index contributed by atoms with van der Waals surface area (Å²) >= 11 is 3.49. The van der Waals surface area contributed by atoms with Crippen LogP contribution in [0.4, 0.5) is 11.4 Å². The predicted octanol–water partition coefficient (Wildman–Crippen LogP) is 6.43. The van der Waals surface area contributed by atoms with Crippen molar-refractivity contribution in [1.29, 1.82) is 0 Å². The number of amides is 2. The van der Waals surface area contributed by atoms with Crippen molar-refractivity contribution in [2.24, 2.45) is 21.5 Å². The van der Waals surface area contributed by atoms with Crippen LogP contribution in [0, 0.1) is 13.1 Å². The molecule has 2 amide bonds. The summed E-state index contributed by atoms with van der Waals surface area (Å²) in [6.07, 6.45) is 9.33. The first-order valence-corrected chi connectivity index (χ1v) is 21.4. The van der Waals surface area contributed by atoms with E-state index in [1.807, 2.05) is 54.6 Å². The zero-order valence-corrected chi connectivity index (χ0v) is 36.1. The number of halogens is 1. The van der Waals surface area contributed by atoms with Gasteiger partial charge in [0.25, 0.3) is 11.8 Å². The van der Waals surface area contributed by atoms with E-state index in [0.29, 0.717) is 35.4 Å². The molecule has 6 N–H and O–H groups in total. The van der Waals surface area contributed by atoms with Crippen molar-refractivity contribution in [3.05, 3.63) is 123 Å². The lowest BCUT2D eigenvalue weighted by Gasteiger charge is -2.43. The summed E-state index contributed by atoms with van der Waals surface area (Å²) in [6, 6.07) is 25.4. The summed E-state index contributed by atoms with van der Waals surface area (Å²) in [6.45, 7) is 13.9. The Morgan fingerprint density at radius 3 is 1.63 bits per heavy atom. The minimum Gasteiger partial charge on any atom is -0.487 e. The molecule has 0 aromatic heterocycles. The van der Waals surface area contributed by atoms with Gasteiger partial charge in [-0.15, -0.1) is 0 Å². The fourth-order valence-corrected chi connectivity index (χ4v) is 10.1. The van der Waals surface area contributed by atoms with E-state index in [-0.39, 0.29) is 34.9 Å². The maximum atomic E-state index is 13.4. The van der Waals surface area contributed by atoms with Gasteiger partial charge in [-0.1, -0.05) is 64.5 Å². The quantitative estimate of drug-likeness (QED) is 0.131. The minimum atomic E-state index is -1.49. The number of carbonyl (C=O) groups excluding carboxylic acids is 2. The highest BCUT2D eigenvalue weighted by Crippen LogP contribution is 2.55. The van der Waals surface area contributed by atoms with Crippen LogP contribution in [-0.4, -0.2) is 76.0 Å². The number of ether oxygens (including phenoxy) is 2. The number of guanidine groups is 2. The number of carbonyl (C=O) groups is 2. The molecule has 2 fully saturated rings. The van der Waals surface area contributed by atoms with Gasteiger partial charge in [0.1, 0.15) is 22.7 Å². The maximum absolute atomic E-state index is 13.4. The van der Waals surface area contributed by atoms with E-state index in [1.165, 1.54) is 15.9 Å². The number of likely N-dealkylation sites (N-methyl/N-ethyl adjacent to an activating group) is 2. The van der Waals surface area contributed by atoms with Crippen LogP contribution in [0.25, 0.3) is 20.8 Å². The fraction of sp³-hybridized carbons (Fsp3) is 0.348. The third-order valence-corrected chi connectivity index (χ3v) is 13.4. The summed E-state index contributed by atoms with van der Waals surface area (Å²) in [7, 11) is 1.87. The van der Waals surface area contributed by atoms with Gasteiger partial charge in [-0.2, -0.15) is 0 Å². The number of nitrogens with zero attached hydrogens (tertiary/aromatic N) is 6. The lowest BCUT2D eigenvalue weighted by atomic mass is 9.75. The number of fused-ring (bicyclic) bond motifs is 4. The van der Waals surface area contributed by atoms with Gasteiger partial charge in [0.2, 0.25) is 0 Å². The molecule has 4 heterocycles. The van der Waals surface area contributed by atoms with Crippen LogP contribution in [0.2, 0.25) is 0 Å². The number of aliphatic imine (C=N–C) groups is 2. The SMILES string of the molecule is CN1C(=O)C2(CC3(CCCC3)Oc3ccc(Br)cc32)N=C1N.[C-]#[N+]c1cccc(-c2ccc3c(c2)C2(CC4(CCCC4)O3)N=C(N)N(C)C2=O)c1.[C-]#[N+]c1cccc(B(O)O)c1. The van der Waals surface area contributed by atoms with E-state index in [4.69, 9.17) is 49.1 Å². The Kier molecular flexibility index (Phi) is 11.1. The Bertz CT molecular complexity index is 2610. The average Bonchev–Trinajstić information content (AvgIpc) is 4.02. The van der Waals surface area contributed by atoms with Crippen LogP contribution in [-0.2, 0) is 20.7 Å². The molecular weight excluding hydrogens is 851 g/mol. The van der Waals surface area contributed by atoms with E-state index < -0.39 is 18.2 Å². The third-order valence-electron chi connectivity index (χ3n) is 12.9. The van der Waals surface area contributed by atoms with Crippen molar-refractivity contribution in [3.8, 4) is 22.6 Å². The molecule has 6 aliphatic rings. The Morgan fingerprint density at radius 2 is 1.15 bits per heavy atom. The van der Waals surface area contributed by atoms with Crippen LogP contribution in [0.5, 0.6) is 11.5 Å². The van der Waals surface area contributed by atoms with Gasteiger partial charge in [-0.3, -0.25) is 19.4 Å². The smallest absolute Gasteiger partial charge is 0.487 e. The molecule has 0 bridgehead atoms. The van der Waals surface area contributed by atoms with Crippen LogP contribution in [0.3, 0.4) is 0 Å². The predicted molar refractivity (Wildman–Crippen MR) is 240 cm³/mol. The Labute approximate surface area is 369 Å². The van der Waals surface area contributed by atoms with Crippen molar-refractivity contribution >= 4 is 63.6 Å². The molecule has 2 unspecified atom stereocenters. The molecule has 316 valence electrons. The maximum Gasteiger partial charge on any atom is 0.487 e. The lowest BCUT2D eigenvalue weighted by Crippen LogP contribution is -2.50. The van der Waals surface area contributed by atoms with Crippen molar-refractivity contribution in [2.45, 2.75) is 86.5 Å². The summed E-state index contributed by atoms with van der Waals surface area (Å²) < 4.78 is 13.7. The molecular formula is C46H46BBrN8O6. The van der Waals surface area contributed by atoms with Crippen LogP contribution < -0.4 is 26.4 Å². The standard InChI is InChI=1S/C23H22N4O2.C16H18BrN3O2.C7H6BNO2/c1-25-17-7-5-6-15(12-17)16-8-9-19-18(13-16)23(20(28)27(2)21(24)26-23)14-22(29-19)10-3-4-11-22;1-20-13(21)16(19-14(20)18)9-15(6-2-3-7-15)22-12-5-4-10(17)8-11(12)16;1-9-7-4-2-3-6(5-7)8(10)11/h5-9,12-13H,3-4,10-11,14H2,2H3,(H2,24,26);4-5,8H,2-3,6-7,9H2,1H3,(H2,18,19);2-5,10-11H. The van der Waals surface area contributed by atoms with Gasteiger partial charge < -0.3 is 31.0 Å². The molecule has 2 saturated carbocycles. The molecule has 14 nitrogen and oxygen atoms in total. The van der Waals surface area contributed by atoms with Crippen LogP contribution in [0.1, 0.15) is 75.3 Å². The molecule has 4 spiro atoms. The van der Waals surface area contributed by atoms with Crippen molar-refractivity contribution in [3.63, 3.8) is 0 Å². The molecule has 10 rings (SSSR count). The molecule has 2 aliphatic carbocycles. The first kappa shape index (κ1) is 42.5. The Hall–Kier alpha value is -6.20. The van der Waals surface area contributed by atoms with E-state index in [0.717, 1.165) is 83.8 Å². The monoisotopic (exact) mass is 896 g/mol. The zero-order valence-electron chi connectivity index (χ0n) is 34.5. The van der Waals surface area contributed by atoms with Crippen molar-refractivity contribution in [2.75, 3.05) is 14.1 Å². The number of benzene rings is 4. The highest BCUT2D eigenvalue weighted by molar-refractivity contribution is 9.10. The molecule has 16 heteroatoms. The van der Waals surface area contributed by atoms with Crippen molar-refractivity contribution in [1.82, 2.24) is 9.80 Å². The van der Waals surface area contributed by atoms with E-state index in [1.54, 1.807) is 38.4 Å². The molecule has 2 atom stereocenters. The van der Waals surface area contributed by atoms with Gasteiger partial charge in [0, 0.05) is 42.5 Å². The highest BCUT2D eigenvalue weighted by atomic mass is 79.9. The van der Waals surface area contributed by atoms with E-state index >= 15 is 0 Å². The van der Waals surface area contributed by atoms with Crippen molar-refractivity contribution < 1.29 is 29.1 Å². The van der Waals surface area contributed by atoms with Crippen LogP contribution in [0.15, 0.2) is 99.4 Å². The van der Waals surface area contributed by atoms with Crippen LogP contribution >= 0.6 is 15.9 Å². The van der Waals surface area contributed by atoms with Gasteiger partial charge in [0.15, 0.2) is 34.4 Å². The molecule has 4 aliphatic heterocycles. The topological polar surface area (TPSA) is 185 Å². The second-order valence-electron chi connectivity index (χ2n) is 16.8. The third kappa shape index (κ3) is 7.46. The lowest BCUT2D eigenvalue weighted by molar-refractivity contribution is -0.134. The largest absolute Gasteiger partial charge is 0.487 e. The number of rotatable bonds is 2. The summed E-state index contributed by atoms with van der Waals surface area (Å²) in [4.78, 5) is 45.2. The molecule has 4 aromatic rings. The van der Waals surface area contributed by atoms with Gasteiger partial charge in [-0.25, -0.2) is 19.7 Å². The zero-order chi connectivity index (χ0) is 44.0. The van der Waals surface area contributed by atoms with E-state index in [2.05, 4.69) is 30.6 Å². The first-order valence-electron chi connectivity index (χ1n) is 20.6. The summed E-state index contributed by atoms with van der Waals surface area (Å²) in [5, 5.41) is 17.4. The van der Waals surface area contributed by atoms with Gasteiger partial charge >= 0.3 is 7.12 Å². The number of hydrogen-bond donors (Lipinski definition) is 4. The van der Waals surface area contributed by atoms with E-state index in [9.17, 15) is 9.59 Å². The second-order valence-corrected chi connectivity index (χ2v) is 17.7. The Morgan fingerprint density at radius 1 is 0.677 bits per heavy atom. The second kappa shape index (κ2) is 16.3. The van der Waals surface area contributed by atoms with Gasteiger partial charge in [0.05, 0.1) is 13.1 Å². The molecule has 0 radical (unpaired) electrons. The minimum absolute atomic E-state index is 0.0566. The first-order chi connectivity index (χ1) is 29.7. The molecule has 4 aromatic carbocycles. The molecule has 62 heavy (non-hydrogen) atoms. The summed E-state index contributed by atoms with van der Waals surface area (Å²) in [5.74, 6) is 1.85. The fourth-order valence-electron chi connectivity index (χ4n) is 9.78. The normalized spacial score (nSPS) is 23.2. The highest BCUT2D eigenvalue weighted by Gasteiger charge is 2.60. The number of nitrogens with two attached hydrogens (primary N) is 2. The number of hydrogen-bond acceptors (Lipinski definition) is 10.